The zero-order valence-corrected chi connectivity index (χ0v) is 18.3. The van der Waals surface area contributed by atoms with Crippen LogP contribution in [-0.4, -0.2) is 48.1 Å². The molecule has 3 rings (SSSR count). The largest absolute Gasteiger partial charge is 0.465 e. The van der Waals surface area contributed by atoms with Crippen molar-refractivity contribution in [2.24, 2.45) is 0 Å². The van der Waals surface area contributed by atoms with Crippen molar-refractivity contribution < 1.29 is 28.8 Å². The van der Waals surface area contributed by atoms with E-state index in [1.54, 1.807) is 17.9 Å². The molecule has 2 amide bonds. The Balaban J connectivity index is 1.79. The average Bonchev–Trinajstić information content (AvgIpc) is 3.36. The van der Waals surface area contributed by atoms with Gasteiger partial charge in [-0.1, -0.05) is 11.3 Å². The van der Waals surface area contributed by atoms with Gasteiger partial charge in [-0.05, 0) is 31.1 Å². The number of nitro groups is 1. The molecule has 3 heterocycles. The zero-order valence-electron chi connectivity index (χ0n) is 16.7. The number of amides is 2. The second-order valence-electron chi connectivity index (χ2n) is 6.33. The predicted molar refractivity (Wildman–Crippen MR) is 115 cm³/mol. The van der Waals surface area contributed by atoms with Crippen LogP contribution in [0.5, 0.6) is 0 Å². The van der Waals surface area contributed by atoms with Gasteiger partial charge in [0.2, 0.25) is 5.91 Å². The number of rotatable bonds is 6. The molecule has 0 saturated heterocycles. The van der Waals surface area contributed by atoms with E-state index < -0.39 is 22.9 Å². The summed E-state index contributed by atoms with van der Waals surface area (Å²) < 4.78 is 9.92. The first kappa shape index (κ1) is 22.4. The lowest BCUT2D eigenvalue weighted by Gasteiger charge is -2.26. The number of hydrogen-bond acceptors (Lipinski definition) is 9. The number of carbonyl (C=O) groups is 3. The molecular weight excluding hydrogens is 446 g/mol. The predicted octanol–water partition coefficient (Wildman–Crippen LogP) is 3.67. The van der Waals surface area contributed by atoms with Gasteiger partial charge in [-0.25, -0.2) is 9.59 Å². The number of nitrogens with zero attached hydrogens (tertiary/aromatic N) is 2. The van der Waals surface area contributed by atoms with Crippen LogP contribution in [0.3, 0.4) is 0 Å². The molecule has 2 aromatic heterocycles. The third-order valence-corrected chi connectivity index (χ3v) is 6.54. The number of esters is 1. The lowest BCUT2D eigenvalue weighted by Crippen LogP contribution is -2.36. The van der Waals surface area contributed by atoms with Crippen LogP contribution in [0.1, 0.15) is 32.6 Å². The monoisotopic (exact) mass is 465 g/mol. The summed E-state index contributed by atoms with van der Waals surface area (Å²) in [5.74, 6) is -1.07. The number of ether oxygens (including phenoxy) is 2. The lowest BCUT2D eigenvalue weighted by molar-refractivity contribution is -0.380. The Kier molecular flexibility index (Phi) is 7.02. The van der Waals surface area contributed by atoms with Crippen LogP contribution in [-0.2, 0) is 27.2 Å². The van der Waals surface area contributed by atoms with Crippen molar-refractivity contribution in [3.8, 4) is 0 Å². The minimum Gasteiger partial charge on any atom is -0.465 e. The minimum atomic E-state index is -0.574. The van der Waals surface area contributed by atoms with Gasteiger partial charge in [-0.15, -0.1) is 11.3 Å². The van der Waals surface area contributed by atoms with Crippen LogP contribution in [0.2, 0.25) is 0 Å². The number of hydrogen-bond donors (Lipinski definition) is 1. The Morgan fingerprint density at radius 3 is 2.74 bits per heavy atom. The standard InChI is InChI=1S/C19H19N3O7S2/c1-3-29-19(25)21-9-8-12-13(10-21)31-17(16(12)18(24)28-2)20-14(23)6-4-11-5-7-15(30-11)22(26)27/h4-7H,3,8-10H2,1-2H3,(H,20,23)/b6-4+. The van der Waals surface area contributed by atoms with Gasteiger partial charge in [0.25, 0.3) is 0 Å². The second-order valence-corrected chi connectivity index (χ2v) is 8.52. The van der Waals surface area contributed by atoms with Gasteiger partial charge in [-0.3, -0.25) is 14.9 Å². The van der Waals surface area contributed by atoms with Crippen molar-refractivity contribution >= 4 is 56.7 Å². The number of nitrogens with one attached hydrogen (secondary N) is 1. The molecule has 12 heteroatoms. The van der Waals surface area contributed by atoms with E-state index in [1.165, 1.54) is 36.7 Å². The molecule has 0 bridgehead atoms. The van der Waals surface area contributed by atoms with E-state index in [4.69, 9.17) is 9.47 Å². The molecule has 0 fully saturated rings. The first-order valence-electron chi connectivity index (χ1n) is 9.21. The molecule has 1 N–H and O–H groups in total. The van der Waals surface area contributed by atoms with Gasteiger partial charge in [0.1, 0.15) is 5.00 Å². The van der Waals surface area contributed by atoms with Crippen molar-refractivity contribution in [2.45, 2.75) is 19.9 Å². The number of thiophene rings is 2. The SMILES string of the molecule is CCOC(=O)N1CCc2c(sc(NC(=O)/C=C/c3ccc([N+](=O)[O-])s3)c2C(=O)OC)C1. The zero-order chi connectivity index (χ0) is 22.5. The first-order chi connectivity index (χ1) is 14.8. The first-order valence-corrected chi connectivity index (χ1v) is 10.8. The highest BCUT2D eigenvalue weighted by Crippen LogP contribution is 2.38. The summed E-state index contributed by atoms with van der Waals surface area (Å²) in [6, 6.07) is 2.90. The van der Waals surface area contributed by atoms with Crippen LogP contribution in [0.15, 0.2) is 18.2 Å². The Morgan fingerprint density at radius 1 is 1.32 bits per heavy atom. The Bertz CT molecular complexity index is 1060. The molecule has 0 unspecified atom stereocenters. The lowest BCUT2D eigenvalue weighted by atomic mass is 10.0. The van der Waals surface area contributed by atoms with E-state index in [0.717, 1.165) is 21.8 Å². The fraction of sp³-hybridized carbons (Fsp3) is 0.316. The van der Waals surface area contributed by atoms with Crippen molar-refractivity contribution in [1.29, 1.82) is 0 Å². The molecule has 0 spiro atoms. The number of anilines is 1. The molecule has 1 aliphatic heterocycles. The molecule has 31 heavy (non-hydrogen) atoms. The maximum atomic E-state index is 12.4. The highest BCUT2D eigenvalue weighted by atomic mass is 32.1. The normalized spacial score (nSPS) is 13.0. The highest BCUT2D eigenvalue weighted by molar-refractivity contribution is 7.17. The van der Waals surface area contributed by atoms with E-state index in [1.807, 2.05) is 0 Å². The summed E-state index contributed by atoms with van der Waals surface area (Å²) in [5, 5.41) is 13.7. The molecule has 0 aliphatic carbocycles. The summed E-state index contributed by atoms with van der Waals surface area (Å²) in [6.07, 6.45) is 2.69. The average molecular weight is 466 g/mol. The number of carbonyl (C=O) groups excluding carboxylic acids is 3. The summed E-state index contributed by atoms with van der Waals surface area (Å²) in [4.78, 5) is 49.9. The van der Waals surface area contributed by atoms with Crippen LogP contribution in [0.4, 0.5) is 14.8 Å². The second kappa shape index (κ2) is 9.71. The summed E-state index contributed by atoms with van der Waals surface area (Å²) in [6.45, 7) is 2.65. The smallest absolute Gasteiger partial charge is 0.410 e. The fourth-order valence-electron chi connectivity index (χ4n) is 3.02. The maximum absolute atomic E-state index is 12.4. The summed E-state index contributed by atoms with van der Waals surface area (Å²) in [7, 11) is 1.26. The van der Waals surface area contributed by atoms with Crippen molar-refractivity contribution in [1.82, 2.24) is 4.90 Å². The third kappa shape index (κ3) is 5.09. The molecule has 0 atom stereocenters. The molecule has 2 aromatic rings. The number of fused-ring (bicyclic) bond motifs is 1. The molecule has 0 radical (unpaired) electrons. The summed E-state index contributed by atoms with van der Waals surface area (Å²) >= 11 is 2.14. The van der Waals surface area contributed by atoms with E-state index in [-0.39, 0.29) is 23.7 Å². The maximum Gasteiger partial charge on any atom is 0.410 e. The quantitative estimate of drug-likeness (QED) is 0.298. The van der Waals surface area contributed by atoms with Gasteiger partial charge in [0.05, 0.1) is 30.7 Å². The van der Waals surface area contributed by atoms with Gasteiger partial charge in [0, 0.05) is 28.4 Å². The van der Waals surface area contributed by atoms with Gasteiger partial charge >= 0.3 is 17.1 Å². The molecule has 164 valence electrons. The highest BCUT2D eigenvalue weighted by Gasteiger charge is 2.31. The van der Waals surface area contributed by atoms with Crippen molar-refractivity contribution in [3.63, 3.8) is 0 Å². The molecule has 0 saturated carbocycles. The van der Waals surface area contributed by atoms with E-state index in [9.17, 15) is 24.5 Å². The fourth-order valence-corrected chi connectivity index (χ4v) is 5.00. The van der Waals surface area contributed by atoms with E-state index in [2.05, 4.69) is 5.32 Å². The van der Waals surface area contributed by atoms with Crippen molar-refractivity contribution in [2.75, 3.05) is 25.6 Å². The number of methoxy groups -OCH3 is 1. The van der Waals surface area contributed by atoms with Crippen LogP contribution in [0.25, 0.3) is 6.08 Å². The van der Waals surface area contributed by atoms with Crippen molar-refractivity contribution in [3.05, 3.63) is 49.2 Å². The summed E-state index contributed by atoms with van der Waals surface area (Å²) in [5.41, 5.74) is 1.02. The topological polar surface area (TPSA) is 128 Å². The van der Waals surface area contributed by atoms with Gasteiger partial charge in [0.15, 0.2) is 0 Å². The molecule has 1 aliphatic rings. The van der Waals surface area contributed by atoms with Gasteiger partial charge < -0.3 is 19.7 Å². The van der Waals surface area contributed by atoms with Gasteiger partial charge in [-0.2, -0.15) is 0 Å². The van der Waals surface area contributed by atoms with Crippen LogP contribution >= 0.6 is 22.7 Å². The molecular formula is C19H19N3O7S2. The third-order valence-electron chi connectivity index (χ3n) is 4.40. The van der Waals surface area contributed by atoms with Crippen LogP contribution < -0.4 is 5.32 Å². The molecule has 10 nitrogen and oxygen atoms in total. The van der Waals surface area contributed by atoms with E-state index in [0.29, 0.717) is 22.8 Å². The Labute approximate surface area is 185 Å². The molecule has 0 aromatic carbocycles. The Hall–Kier alpha value is -3.25. The minimum absolute atomic E-state index is 0.0230. The van der Waals surface area contributed by atoms with E-state index >= 15 is 0 Å². The Morgan fingerprint density at radius 2 is 2.10 bits per heavy atom. The van der Waals surface area contributed by atoms with Crippen LogP contribution in [0, 0.1) is 10.1 Å².